The Balaban J connectivity index is 1.23. The van der Waals surface area contributed by atoms with E-state index in [1.54, 1.807) is 0 Å². The molecule has 0 radical (unpaired) electrons. The number of hydrogen-bond donors (Lipinski definition) is 0. The summed E-state index contributed by atoms with van der Waals surface area (Å²) < 4.78 is 6.16. The van der Waals surface area contributed by atoms with Gasteiger partial charge in [0.2, 0.25) is 5.91 Å². The monoisotopic (exact) mass is 464 g/mol. The van der Waals surface area contributed by atoms with Crippen LogP contribution in [0.1, 0.15) is 35.5 Å². The number of hydrogen-bond acceptors (Lipinski definition) is 4. The Morgan fingerprint density at radius 2 is 1.37 bits per heavy atom. The van der Waals surface area contributed by atoms with Crippen molar-refractivity contribution in [2.24, 2.45) is 5.92 Å². The van der Waals surface area contributed by atoms with E-state index in [2.05, 4.69) is 0 Å². The normalized spacial score (nSPS) is 14.1. The van der Waals surface area contributed by atoms with Crippen LogP contribution in [0.2, 0.25) is 0 Å². The van der Waals surface area contributed by atoms with Crippen LogP contribution in [0.4, 0.5) is 0 Å². The number of likely N-dealkylation sites (tertiary alicyclic amines) is 1. The Labute approximate surface area is 205 Å². The molecule has 1 fully saturated rings. The summed E-state index contributed by atoms with van der Waals surface area (Å²) in [5, 5.41) is 0. The molecule has 5 nitrogen and oxygen atoms in total. The van der Waals surface area contributed by atoms with Gasteiger partial charge in [0.15, 0.2) is 17.4 Å². The van der Waals surface area contributed by atoms with Crippen molar-refractivity contribution in [2.45, 2.75) is 25.7 Å². The molecule has 0 spiro atoms. The van der Waals surface area contributed by atoms with Crippen molar-refractivity contribution in [3.8, 4) is 22.6 Å². The number of carbonyl (C=O) groups excluding carboxylic acids is 2. The van der Waals surface area contributed by atoms with E-state index in [4.69, 9.17) is 9.40 Å². The lowest BCUT2D eigenvalue weighted by Crippen LogP contribution is -2.40. The zero-order chi connectivity index (χ0) is 24.0. The Kier molecular flexibility index (Phi) is 6.85. The Hall–Kier alpha value is -3.99. The Morgan fingerprint density at radius 1 is 0.800 bits per heavy atom. The summed E-state index contributed by atoms with van der Waals surface area (Å²) in [5.41, 5.74) is 3.49. The van der Waals surface area contributed by atoms with Crippen molar-refractivity contribution < 1.29 is 14.0 Å². The molecule has 0 unspecified atom stereocenters. The number of piperidine rings is 1. The molecule has 5 heteroatoms. The maximum atomic E-state index is 12.9. The first-order chi connectivity index (χ1) is 17.2. The average Bonchev–Trinajstić information content (AvgIpc) is 3.37. The average molecular weight is 465 g/mol. The number of oxazole rings is 1. The second kappa shape index (κ2) is 10.5. The largest absolute Gasteiger partial charge is 0.440 e. The number of ketones is 1. The molecule has 1 amide bonds. The van der Waals surface area contributed by atoms with Gasteiger partial charge >= 0.3 is 0 Å². The van der Waals surface area contributed by atoms with Gasteiger partial charge in [-0.1, -0.05) is 91.0 Å². The van der Waals surface area contributed by atoms with Crippen molar-refractivity contribution in [3.63, 3.8) is 0 Å². The number of nitrogens with zero attached hydrogens (tertiary/aromatic N) is 2. The van der Waals surface area contributed by atoms with Crippen LogP contribution in [0.25, 0.3) is 22.6 Å². The van der Waals surface area contributed by atoms with E-state index in [-0.39, 0.29) is 17.6 Å². The van der Waals surface area contributed by atoms with Crippen LogP contribution in [-0.2, 0) is 11.2 Å². The van der Waals surface area contributed by atoms with Crippen LogP contribution >= 0.6 is 0 Å². The Bertz CT molecular complexity index is 1220. The number of aryl methyl sites for hydroxylation is 1. The molecule has 3 aromatic carbocycles. The Morgan fingerprint density at radius 3 is 2.00 bits per heavy atom. The minimum atomic E-state index is -0.0185. The van der Waals surface area contributed by atoms with Gasteiger partial charge in [-0.2, -0.15) is 0 Å². The number of Topliss-reactive ketones (excluding diaryl/α,β-unsaturated/α-hetero) is 1. The molecular formula is C30H28N2O3. The van der Waals surface area contributed by atoms with Crippen molar-refractivity contribution in [1.82, 2.24) is 9.88 Å². The first-order valence-corrected chi connectivity index (χ1v) is 12.2. The highest BCUT2D eigenvalue weighted by atomic mass is 16.4. The van der Waals surface area contributed by atoms with Gasteiger partial charge in [-0.25, -0.2) is 4.98 Å². The summed E-state index contributed by atoms with van der Waals surface area (Å²) in [7, 11) is 0. The molecule has 1 aliphatic heterocycles. The van der Waals surface area contributed by atoms with E-state index < -0.39 is 0 Å². The summed E-state index contributed by atoms with van der Waals surface area (Å²) in [6, 6.07) is 29.3. The smallest absolute Gasteiger partial charge is 0.223 e. The molecule has 0 aliphatic carbocycles. The SMILES string of the molecule is O=C(c1ccccc1)C1CCN(C(=O)CCc2nc(-c3ccccc3)c(-c3ccccc3)o2)CC1. The highest BCUT2D eigenvalue weighted by Crippen LogP contribution is 2.33. The van der Waals surface area contributed by atoms with E-state index in [1.807, 2.05) is 95.9 Å². The quantitative estimate of drug-likeness (QED) is 0.312. The number of carbonyl (C=O) groups is 2. The second-order valence-electron chi connectivity index (χ2n) is 8.90. The summed E-state index contributed by atoms with van der Waals surface area (Å²) in [4.78, 5) is 32.3. The molecule has 176 valence electrons. The van der Waals surface area contributed by atoms with Crippen molar-refractivity contribution in [2.75, 3.05) is 13.1 Å². The first kappa shape index (κ1) is 22.8. The zero-order valence-corrected chi connectivity index (χ0v) is 19.6. The van der Waals surface area contributed by atoms with Gasteiger partial charge in [0.1, 0.15) is 5.69 Å². The van der Waals surface area contributed by atoms with Crippen LogP contribution in [0, 0.1) is 5.92 Å². The van der Waals surface area contributed by atoms with Crippen LogP contribution in [-0.4, -0.2) is 34.7 Å². The molecule has 4 aromatic rings. The molecule has 5 rings (SSSR count). The fraction of sp³-hybridized carbons (Fsp3) is 0.233. The molecule has 0 atom stereocenters. The van der Waals surface area contributed by atoms with E-state index in [1.165, 1.54) is 0 Å². The fourth-order valence-corrected chi connectivity index (χ4v) is 4.65. The topological polar surface area (TPSA) is 63.4 Å². The minimum Gasteiger partial charge on any atom is -0.440 e. The van der Waals surface area contributed by atoms with Gasteiger partial charge in [-0.3, -0.25) is 9.59 Å². The van der Waals surface area contributed by atoms with Crippen molar-refractivity contribution >= 4 is 11.7 Å². The molecule has 35 heavy (non-hydrogen) atoms. The predicted molar refractivity (Wildman–Crippen MR) is 136 cm³/mol. The van der Waals surface area contributed by atoms with Crippen LogP contribution in [0.15, 0.2) is 95.4 Å². The number of benzene rings is 3. The third-order valence-corrected chi connectivity index (χ3v) is 6.58. The maximum absolute atomic E-state index is 12.9. The van der Waals surface area contributed by atoms with Crippen LogP contribution < -0.4 is 0 Å². The van der Waals surface area contributed by atoms with Crippen LogP contribution in [0.3, 0.4) is 0 Å². The number of rotatable bonds is 7. The molecule has 0 N–H and O–H groups in total. The molecule has 1 aromatic heterocycles. The van der Waals surface area contributed by atoms with Gasteiger partial charge in [-0.05, 0) is 12.8 Å². The van der Waals surface area contributed by atoms with Crippen molar-refractivity contribution in [1.29, 1.82) is 0 Å². The third-order valence-electron chi connectivity index (χ3n) is 6.58. The highest BCUT2D eigenvalue weighted by molar-refractivity contribution is 5.98. The molecule has 1 aliphatic rings. The standard InChI is InChI=1S/C30H28N2O3/c33-27(32-20-18-24(19-21-32)29(34)23-12-6-2-7-13-23)17-16-26-31-28(22-10-4-1-5-11-22)30(35-26)25-14-8-3-9-15-25/h1-15,24H,16-21H2. The van der Waals surface area contributed by atoms with Crippen LogP contribution in [0.5, 0.6) is 0 Å². The summed E-state index contributed by atoms with van der Waals surface area (Å²) in [6.07, 6.45) is 2.18. The summed E-state index contributed by atoms with van der Waals surface area (Å²) in [5.74, 6) is 1.52. The zero-order valence-electron chi connectivity index (χ0n) is 19.6. The molecular weight excluding hydrogens is 436 g/mol. The minimum absolute atomic E-state index is 0.0185. The molecule has 0 bridgehead atoms. The predicted octanol–water partition coefficient (Wildman–Crippen LogP) is 6.06. The third kappa shape index (κ3) is 5.24. The van der Waals surface area contributed by atoms with Gasteiger partial charge in [-0.15, -0.1) is 0 Å². The summed E-state index contributed by atoms with van der Waals surface area (Å²) in [6.45, 7) is 1.22. The maximum Gasteiger partial charge on any atom is 0.223 e. The van der Waals surface area contributed by atoms with Crippen molar-refractivity contribution in [3.05, 3.63) is 102 Å². The molecule has 1 saturated heterocycles. The van der Waals surface area contributed by atoms with E-state index in [0.717, 1.165) is 28.1 Å². The van der Waals surface area contributed by atoms with Gasteiger partial charge in [0, 0.05) is 48.5 Å². The van der Waals surface area contributed by atoms with E-state index in [0.29, 0.717) is 44.7 Å². The summed E-state index contributed by atoms with van der Waals surface area (Å²) >= 11 is 0. The molecule has 2 heterocycles. The van der Waals surface area contributed by atoms with Gasteiger partial charge in [0.05, 0.1) is 0 Å². The molecule has 0 saturated carbocycles. The van der Waals surface area contributed by atoms with E-state index in [9.17, 15) is 9.59 Å². The lowest BCUT2D eigenvalue weighted by Gasteiger charge is -2.31. The lowest BCUT2D eigenvalue weighted by molar-refractivity contribution is -0.132. The highest BCUT2D eigenvalue weighted by Gasteiger charge is 2.28. The first-order valence-electron chi connectivity index (χ1n) is 12.2. The van der Waals surface area contributed by atoms with Gasteiger partial charge in [0.25, 0.3) is 0 Å². The fourth-order valence-electron chi connectivity index (χ4n) is 4.65. The lowest BCUT2D eigenvalue weighted by atomic mass is 9.89. The second-order valence-corrected chi connectivity index (χ2v) is 8.90. The number of aromatic nitrogens is 1. The number of amides is 1. The van der Waals surface area contributed by atoms with Gasteiger partial charge < -0.3 is 9.32 Å². The van der Waals surface area contributed by atoms with E-state index >= 15 is 0 Å².